The van der Waals surface area contributed by atoms with Gasteiger partial charge in [0.05, 0.1) is 13.5 Å². The molecular formula is C14H21NO2. The van der Waals surface area contributed by atoms with Gasteiger partial charge in [-0.3, -0.25) is 4.79 Å². The van der Waals surface area contributed by atoms with Gasteiger partial charge >= 0.3 is 5.97 Å². The van der Waals surface area contributed by atoms with E-state index in [1.165, 1.54) is 12.7 Å². The minimum atomic E-state index is -0.191. The van der Waals surface area contributed by atoms with E-state index in [1.54, 1.807) is 0 Å². The first-order chi connectivity index (χ1) is 7.93. The number of methoxy groups -OCH3 is 1. The lowest BCUT2D eigenvalue weighted by Gasteiger charge is -2.19. The Labute approximate surface area is 103 Å². The molecule has 0 heterocycles. The van der Waals surface area contributed by atoms with Gasteiger partial charge in [0.15, 0.2) is 0 Å². The fourth-order valence-electron chi connectivity index (χ4n) is 1.50. The minimum absolute atomic E-state index is 0.171. The Morgan fingerprint density at radius 3 is 2.29 bits per heavy atom. The third kappa shape index (κ3) is 4.47. The van der Waals surface area contributed by atoms with Gasteiger partial charge in [0.1, 0.15) is 0 Å². The number of hydrogen-bond donors (Lipinski definition) is 1. The molecule has 0 fully saturated rings. The second-order valence-electron chi connectivity index (χ2n) is 5.08. The quantitative estimate of drug-likeness (QED) is 0.815. The maximum Gasteiger partial charge on any atom is 0.307 e. The standard InChI is InChI=1S/C14H21NO2/c1-14(2,3)11-5-7-12(8-6-11)15-10-9-13(16)17-4/h5-8,15H,9-10H2,1-4H3. The molecule has 0 aliphatic heterocycles. The second kappa shape index (κ2) is 5.71. The molecule has 0 radical (unpaired) electrons. The van der Waals surface area contributed by atoms with Crippen molar-refractivity contribution in [3.63, 3.8) is 0 Å². The highest BCUT2D eigenvalue weighted by Gasteiger charge is 2.12. The molecule has 1 aromatic carbocycles. The van der Waals surface area contributed by atoms with Crippen LogP contribution in [0.25, 0.3) is 0 Å². The Morgan fingerprint density at radius 1 is 1.24 bits per heavy atom. The fraction of sp³-hybridized carbons (Fsp3) is 0.500. The van der Waals surface area contributed by atoms with Crippen LogP contribution in [0.15, 0.2) is 24.3 Å². The molecule has 0 bridgehead atoms. The maximum atomic E-state index is 10.9. The van der Waals surface area contributed by atoms with Crippen molar-refractivity contribution in [2.24, 2.45) is 0 Å². The lowest BCUT2D eigenvalue weighted by atomic mass is 9.87. The summed E-state index contributed by atoms with van der Waals surface area (Å²) in [5.74, 6) is -0.191. The molecule has 0 aliphatic carbocycles. The van der Waals surface area contributed by atoms with E-state index in [0.717, 1.165) is 5.69 Å². The average Bonchev–Trinajstić information content (AvgIpc) is 2.28. The molecule has 0 atom stereocenters. The third-order valence-corrected chi connectivity index (χ3v) is 2.64. The molecular weight excluding hydrogens is 214 g/mol. The molecule has 0 aliphatic rings. The minimum Gasteiger partial charge on any atom is -0.469 e. The molecule has 3 nitrogen and oxygen atoms in total. The second-order valence-corrected chi connectivity index (χ2v) is 5.08. The van der Waals surface area contributed by atoms with Gasteiger partial charge < -0.3 is 10.1 Å². The van der Waals surface area contributed by atoms with Gasteiger partial charge in [0.2, 0.25) is 0 Å². The fourth-order valence-corrected chi connectivity index (χ4v) is 1.50. The number of nitrogens with one attached hydrogen (secondary N) is 1. The van der Waals surface area contributed by atoms with Crippen molar-refractivity contribution in [3.05, 3.63) is 29.8 Å². The Hall–Kier alpha value is -1.51. The number of anilines is 1. The van der Waals surface area contributed by atoms with Crippen LogP contribution in [0.3, 0.4) is 0 Å². The molecule has 1 rings (SSSR count). The topological polar surface area (TPSA) is 38.3 Å². The lowest BCUT2D eigenvalue weighted by molar-refractivity contribution is -0.140. The predicted octanol–water partition coefficient (Wildman–Crippen LogP) is 2.96. The van der Waals surface area contributed by atoms with Crippen molar-refractivity contribution < 1.29 is 9.53 Å². The summed E-state index contributed by atoms with van der Waals surface area (Å²) < 4.78 is 4.57. The summed E-state index contributed by atoms with van der Waals surface area (Å²) in [6.07, 6.45) is 0.386. The number of hydrogen-bond acceptors (Lipinski definition) is 3. The smallest absolute Gasteiger partial charge is 0.307 e. The summed E-state index contributed by atoms with van der Waals surface area (Å²) in [5, 5.41) is 3.19. The number of rotatable bonds is 4. The van der Waals surface area contributed by atoms with Crippen LogP contribution in [-0.4, -0.2) is 19.6 Å². The van der Waals surface area contributed by atoms with Crippen LogP contribution in [0.2, 0.25) is 0 Å². The Bertz CT molecular complexity index is 363. The van der Waals surface area contributed by atoms with Crippen molar-refractivity contribution in [3.8, 4) is 0 Å². The summed E-state index contributed by atoms with van der Waals surface area (Å²) in [5.41, 5.74) is 2.50. The first kappa shape index (κ1) is 13.6. The van der Waals surface area contributed by atoms with Crippen LogP contribution < -0.4 is 5.32 Å². The highest BCUT2D eigenvalue weighted by Crippen LogP contribution is 2.23. The molecule has 0 saturated carbocycles. The van der Waals surface area contributed by atoms with E-state index in [-0.39, 0.29) is 11.4 Å². The normalized spacial score (nSPS) is 11.1. The van der Waals surface area contributed by atoms with Gasteiger partial charge in [-0.1, -0.05) is 32.9 Å². The van der Waals surface area contributed by atoms with E-state index in [2.05, 4.69) is 43.0 Å². The van der Waals surface area contributed by atoms with Gasteiger partial charge in [0, 0.05) is 12.2 Å². The predicted molar refractivity (Wildman–Crippen MR) is 70.3 cm³/mol. The maximum absolute atomic E-state index is 10.9. The zero-order valence-electron chi connectivity index (χ0n) is 11.0. The van der Waals surface area contributed by atoms with E-state index in [4.69, 9.17) is 0 Å². The first-order valence-corrected chi connectivity index (χ1v) is 5.84. The van der Waals surface area contributed by atoms with Gasteiger partial charge in [-0.15, -0.1) is 0 Å². The Balaban J connectivity index is 2.49. The first-order valence-electron chi connectivity index (χ1n) is 5.84. The monoisotopic (exact) mass is 235 g/mol. The van der Waals surface area contributed by atoms with Crippen LogP contribution in [0, 0.1) is 0 Å². The number of carbonyl (C=O) groups is 1. The number of ether oxygens (including phenoxy) is 1. The molecule has 0 amide bonds. The zero-order chi connectivity index (χ0) is 12.9. The highest BCUT2D eigenvalue weighted by atomic mass is 16.5. The third-order valence-electron chi connectivity index (χ3n) is 2.64. The molecule has 1 N–H and O–H groups in total. The van der Waals surface area contributed by atoms with Gasteiger partial charge in [-0.2, -0.15) is 0 Å². The molecule has 0 spiro atoms. The molecule has 3 heteroatoms. The van der Waals surface area contributed by atoms with Crippen molar-refractivity contribution in [1.29, 1.82) is 0 Å². The molecule has 1 aromatic rings. The van der Waals surface area contributed by atoms with Crippen molar-refractivity contribution in [1.82, 2.24) is 0 Å². The highest BCUT2D eigenvalue weighted by molar-refractivity contribution is 5.69. The lowest BCUT2D eigenvalue weighted by Crippen LogP contribution is -2.12. The van der Waals surface area contributed by atoms with Crippen LogP contribution >= 0.6 is 0 Å². The van der Waals surface area contributed by atoms with Gasteiger partial charge in [0.25, 0.3) is 0 Å². The summed E-state index contributed by atoms with van der Waals surface area (Å²) in [4.78, 5) is 10.9. The van der Waals surface area contributed by atoms with E-state index >= 15 is 0 Å². The largest absolute Gasteiger partial charge is 0.469 e. The summed E-state index contributed by atoms with van der Waals surface area (Å²) in [6, 6.07) is 8.30. The van der Waals surface area contributed by atoms with Gasteiger partial charge in [-0.25, -0.2) is 0 Å². The van der Waals surface area contributed by atoms with Crippen LogP contribution in [-0.2, 0) is 14.9 Å². The number of carbonyl (C=O) groups excluding carboxylic acids is 1. The Kier molecular flexibility index (Phi) is 4.55. The molecule has 0 saturated heterocycles. The average molecular weight is 235 g/mol. The molecule has 0 unspecified atom stereocenters. The van der Waals surface area contributed by atoms with Crippen LogP contribution in [0.5, 0.6) is 0 Å². The van der Waals surface area contributed by atoms with Crippen molar-refractivity contribution in [2.75, 3.05) is 19.0 Å². The van der Waals surface area contributed by atoms with E-state index < -0.39 is 0 Å². The van der Waals surface area contributed by atoms with E-state index in [1.807, 2.05) is 12.1 Å². The molecule has 0 aromatic heterocycles. The van der Waals surface area contributed by atoms with Crippen LogP contribution in [0.4, 0.5) is 5.69 Å². The summed E-state index contributed by atoms with van der Waals surface area (Å²) in [6.45, 7) is 7.16. The molecule has 94 valence electrons. The van der Waals surface area contributed by atoms with E-state index in [0.29, 0.717) is 13.0 Å². The summed E-state index contributed by atoms with van der Waals surface area (Å²) in [7, 11) is 1.40. The Morgan fingerprint density at radius 2 is 1.82 bits per heavy atom. The number of esters is 1. The van der Waals surface area contributed by atoms with E-state index in [9.17, 15) is 4.79 Å². The number of benzene rings is 1. The van der Waals surface area contributed by atoms with Crippen molar-refractivity contribution in [2.45, 2.75) is 32.6 Å². The molecule has 17 heavy (non-hydrogen) atoms. The summed E-state index contributed by atoms with van der Waals surface area (Å²) >= 11 is 0. The van der Waals surface area contributed by atoms with Crippen LogP contribution in [0.1, 0.15) is 32.8 Å². The van der Waals surface area contributed by atoms with Gasteiger partial charge in [-0.05, 0) is 23.1 Å². The van der Waals surface area contributed by atoms with Crippen molar-refractivity contribution >= 4 is 11.7 Å². The SMILES string of the molecule is COC(=O)CCNc1ccc(C(C)(C)C)cc1. The zero-order valence-corrected chi connectivity index (χ0v) is 11.0.